The van der Waals surface area contributed by atoms with Crippen molar-refractivity contribution in [1.82, 2.24) is 0 Å². The van der Waals surface area contributed by atoms with Crippen LogP contribution in [-0.4, -0.2) is 15.8 Å². The fourth-order valence-electron chi connectivity index (χ4n) is 0.155. The first-order chi connectivity index (χ1) is 2.71. The Morgan fingerprint density at radius 3 is 1.38 bits per heavy atom. The molecule has 0 radical (unpaired) electrons. The van der Waals surface area contributed by atoms with Crippen LogP contribution >= 0.6 is 0 Å². The smallest absolute Gasteiger partial charge is 0.828 e. The van der Waals surface area contributed by atoms with Crippen LogP contribution in [0.25, 0.3) is 0 Å². The van der Waals surface area contributed by atoms with Gasteiger partial charge in [0.05, 0.1) is 0 Å². The molecule has 0 N–H and O–H groups in total. The van der Waals surface area contributed by atoms with Gasteiger partial charge >= 0.3 is 103 Å². The Morgan fingerprint density at radius 2 is 1.38 bits per heavy atom. The zero-order chi connectivity index (χ0) is 4.62. The Morgan fingerprint density at radius 1 is 1.12 bits per heavy atom. The first kappa shape index (κ1) is 13.9. The molecule has 1 saturated heterocycles. The van der Waals surface area contributed by atoms with E-state index in [1.165, 1.54) is 0 Å². The normalized spacial score (nSPS) is 21.8. The second kappa shape index (κ2) is 5.91. The first-order valence-corrected chi connectivity index (χ1v) is 3.03. The van der Waals surface area contributed by atoms with Crippen LogP contribution in [-0.2, 0) is 8.85 Å². The van der Waals surface area contributed by atoms with Gasteiger partial charge in [0.25, 0.3) is 0 Å². The molecule has 1 rings (SSSR count). The van der Waals surface area contributed by atoms with Crippen LogP contribution in [0.3, 0.4) is 0 Å². The van der Waals surface area contributed by atoms with Gasteiger partial charge in [0.15, 0.2) is 9.05 Å². The van der Waals surface area contributed by atoms with Gasteiger partial charge in [0.1, 0.15) is 6.79 Å². The molecule has 0 saturated carbocycles. The molecule has 0 atom stereocenters. The summed E-state index contributed by atoms with van der Waals surface area (Å²) in [4.78, 5) is 19.4. The Labute approximate surface area is 133 Å². The van der Waals surface area contributed by atoms with Crippen molar-refractivity contribution in [3.63, 3.8) is 0 Å². The van der Waals surface area contributed by atoms with Crippen LogP contribution in [0.15, 0.2) is 0 Å². The molecule has 1 aliphatic rings. The van der Waals surface area contributed by atoms with Crippen LogP contribution in [0.1, 0.15) is 0 Å². The van der Waals surface area contributed by atoms with E-state index in [1.807, 2.05) is 0 Å². The zero-order valence-corrected chi connectivity index (χ0v) is 12.1. The Balaban J connectivity index is 0. The molecule has 36 valence electrons. The monoisotopic (exact) mass is 184 g/mol. The second-order valence-corrected chi connectivity index (χ2v) is 2.48. The summed E-state index contributed by atoms with van der Waals surface area (Å²) in [5.41, 5.74) is 0. The first-order valence-electron chi connectivity index (χ1n) is 1.39. The average molecular weight is 184 g/mol. The minimum atomic E-state index is -3.95. The summed E-state index contributed by atoms with van der Waals surface area (Å²) in [6.45, 7) is -0.0980. The van der Waals surface area contributed by atoms with Crippen molar-refractivity contribution in [2.75, 3.05) is 6.79 Å². The minimum absolute atomic E-state index is 0. The maximum atomic E-state index is 9.70. The van der Waals surface area contributed by atoms with Crippen molar-refractivity contribution in [3.05, 3.63) is 0 Å². The molecule has 0 unspecified atom stereocenters. The average Bonchev–Trinajstić information content (AvgIpc) is 1.32. The molecule has 0 aromatic rings. The summed E-state index contributed by atoms with van der Waals surface area (Å²) >= 11 is 0. The number of hydrogen-bond donors (Lipinski definition) is 0. The molecular formula is CH2K2O4Si. The summed E-state index contributed by atoms with van der Waals surface area (Å²) in [5, 5.41) is 0. The van der Waals surface area contributed by atoms with Crippen molar-refractivity contribution >= 4 is 9.05 Å². The van der Waals surface area contributed by atoms with E-state index in [1.54, 1.807) is 0 Å². The maximum Gasteiger partial charge on any atom is 1.00 e. The molecule has 4 nitrogen and oxygen atoms in total. The van der Waals surface area contributed by atoms with Crippen molar-refractivity contribution in [3.8, 4) is 0 Å². The molecule has 7 heteroatoms. The fourth-order valence-corrected chi connectivity index (χ4v) is 0.465. The van der Waals surface area contributed by atoms with E-state index >= 15 is 0 Å². The van der Waals surface area contributed by atoms with Gasteiger partial charge in [-0.25, -0.2) is 0 Å². The Hall–Kier alpha value is 3.33. The van der Waals surface area contributed by atoms with Crippen LogP contribution in [0.2, 0.25) is 0 Å². The molecule has 0 aromatic heterocycles. The molecule has 1 fully saturated rings. The molecule has 0 amide bonds. The van der Waals surface area contributed by atoms with Gasteiger partial charge in [-0.05, 0) is 0 Å². The SMILES string of the molecule is [K+].[K+].[O-][Si]1([O-])OCO1. The standard InChI is InChI=1S/CH2O4Si.2K/c2-6(3)4-1-5-6;;/h1H2;;/q-2;2*+1. The number of hydrogen-bond acceptors (Lipinski definition) is 4. The maximum absolute atomic E-state index is 9.70. The van der Waals surface area contributed by atoms with Crippen LogP contribution in [0, 0.1) is 0 Å². The van der Waals surface area contributed by atoms with Gasteiger partial charge in [-0.3, -0.25) is 0 Å². The minimum Gasteiger partial charge on any atom is -0.828 e. The van der Waals surface area contributed by atoms with Gasteiger partial charge in [-0.15, -0.1) is 0 Å². The van der Waals surface area contributed by atoms with Gasteiger partial charge in [-0.1, -0.05) is 0 Å². The van der Waals surface area contributed by atoms with Gasteiger partial charge in [0.2, 0.25) is 0 Å². The van der Waals surface area contributed by atoms with E-state index in [4.69, 9.17) is 0 Å². The van der Waals surface area contributed by atoms with Crippen LogP contribution < -0.4 is 112 Å². The molecule has 1 aliphatic heterocycles. The van der Waals surface area contributed by atoms with E-state index in [9.17, 15) is 9.59 Å². The molecule has 8 heavy (non-hydrogen) atoms. The zero-order valence-electron chi connectivity index (χ0n) is 4.84. The summed E-state index contributed by atoms with van der Waals surface area (Å²) in [6.07, 6.45) is 0. The van der Waals surface area contributed by atoms with E-state index in [-0.39, 0.29) is 110 Å². The molecule has 1 heterocycles. The summed E-state index contributed by atoms with van der Waals surface area (Å²) < 4.78 is 7.85. The van der Waals surface area contributed by atoms with E-state index in [0.29, 0.717) is 0 Å². The summed E-state index contributed by atoms with van der Waals surface area (Å²) in [5.74, 6) is 0. The van der Waals surface area contributed by atoms with Crippen LogP contribution in [0.4, 0.5) is 0 Å². The fraction of sp³-hybridized carbons (Fsp3) is 1.00. The predicted molar refractivity (Wildman–Crippen MR) is 12.8 cm³/mol. The number of rotatable bonds is 0. The molecule has 0 spiro atoms. The largest absolute Gasteiger partial charge is 1.00 e. The third-order valence-electron chi connectivity index (χ3n) is 0.471. The van der Waals surface area contributed by atoms with Crippen molar-refractivity contribution in [2.24, 2.45) is 0 Å². The van der Waals surface area contributed by atoms with Gasteiger partial charge < -0.3 is 18.4 Å². The van der Waals surface area contributed by atoms with E-state index in [0.717, 1.165) is 0 Å². The molecule has 0 bridgehead atoms. The summed E-state index contributed by atoms with van der Waals surface area (Å²) in [6, 6.07) is 0. The van der Waals surface area contributed by atoms with E-state index in [2.05, 4.69) is 8.85 Å². The Bertz CT molecular complexity index is 61.1. The topological polar surface area (TPSA) is 64.6 Å². The van der Waals surface area contributed by atoms with Crippen molar-refractivity contribution in [2.45, 2.75) is 0 Å². The van der Waals surface area contributed by atoms with Gasteiger partial charge in [0, 0.05) is 0 Å². The predicted octanol–water partition coefficient (Wildman–Crippen LogP) is -8.85. The molecule has 0 aromatic carbocycles. The molecule has 0 aliphatic carbocycles. The Kier molecular flexibility index (Phi) is 10.3. The molecular weight excluding hydrogens is 182 g/mol. The second-order valence-electron chi connectivity index (χ2n) is 0.907. The summed E-state index contributed by atoms with van der Waals surface area (Å²) in [7, 11) is -3.95. The van der Waals surface area contributed by atoms with Crippen molar-refractivity contribution < 1.29 is 121 Å². The van der Waals surface area contributed by atoms with Crippen molar-refractivity contribution in [1.29, 1.82) is 0 Å². The van der Waals surface area contributed by atoms with E-state index < -0.39 is 9.05 Å². The quantitative estimate of drug-likeness (QED) is 0.351. The third-order valence-corrected chi connectivity index (χ3v) is 1.41. The third kappa shape index (κ3) is 5.04. The van der Waals surface area contributed by atoms with Gasteiger partial charge in [-0.2, -0.15) is 0 Å². The van der Waals surface area contributed by atoms with Crippen LogP contribution in [0.5, 0.6) is 0 Å².